The first-order valence-electron chi connectivity index (χ1n) is 5.05. The van der Waals surface area contributed by atoms with Crippen LogP contribution >= 0.6 is 11.8 Å². The molecule has 92 valence electrons. The molecule has 0 aromatic heterocycles. The number of carboxylic acids is 1. The summed E-state index contributed by atoms with van der Waals surface area (Å²) in [6.07, 6.45) is 0. The molecule has 1 N–H and O–H groups in total. The molecule has 1 saturated heterocycles. The van der Waals surface area contributed by atoms with Crippen LogP contribution in [0.1, 0.15) is 20.8 Å². The quantitative estimate of drug-likeness (QED) is 0.798. The van der Waals surface area contributed by atoms with Crippen molar-refractivity contribution >= 4 is 23.6 Å². The number of hydrogen-bond donors (Lipinski definition) is 1. The molecule has 1 atom stereocenters. The number of rotatable bonds is 3. The topological polar surface area (TPSA) is 66.8 Å². The van der Waals surface area contributed by atoms with Gasteiger partial charge in [-0.1, -0.05) is 0 Å². The van der Waals surface area contributed by atoms with Gasteiger partial charge in [-0.3, -0.25) is 4.79 Å². The monoisotopic (exact) mass is 247 g/mol. The highest BCUT2D eigenvalue weighted by Crippen LogP contribution is 2.21. The van der Waals surface area contributed by atoms with Gasteiger partial charge >= 0.3 is 5.97 Å². The van der Waals surface area contributed by atoms with Crippen molar-refractivity contribution in [3.05, 3.63) is 0 Å². The Labute approximate surface area is 99.1 Å². The minimum atomic E-state index is -0.950. The normalized spacial score (nSPS) is 21.2. The van der Waals surface area contributed by atoms with Crippen molar-refractivity contribution in [2.24, 2.45) is 0 Å². The maximum absolute atomic E-state index is 11.7. The van der Waals surface area contributed by atoms with Crippen LogP contribution in [0.4, 0.5) is 0 Å². The summed E-state index contributed by atoms with van der Waals surface area (Å²) in [5, 5.41) is 8.91. The van der Waals surface area contributed by atoms with Gasteiger partial charge in [0, 0.05) is 5.75 Å². The molecule has 0 radical (unpaired) electrons. The predicted octanol–water partition coefficient (Wildman–Crippen LogP) is 0.788. The fraction of sp³-hybridized carbons (Fsp3) is 0.800. The zero-order chi connectivity index (χ0) is 12.3. The number of carboxylic acid groups (broad SMARTS) is 1. The third-order valence-corrected chi connectivity index (χ3v) is 3.13. The Morgan fingerprint density at radius 2 is 2.12 bits per heavy atom. The first-order chi connectivity index (χ1) is 7.31. The van der Waals surface area contributed by atoms with Crippen molar-refractivity contribution in [1.29, 1.82) is 0 Å². The summed E-state index contributed by atoms with van der Waals surface area (Å²) in [6.45, 7) is 5.50. The second-order valence-corrected chi connectivity index (χ2v) is 5.62. The van der Waals surface area contributed by atoms with E-state index < -0.39 is 12.0 Å². The highest BCUT2D eigenvalue weighted by molar-refractivity contribution is 7.99. The van der Waals surface area contributed by atoms with E-state index in [0.29, 0.717) is 11.6 Å². The molecule has 0 unspecified atom stereocenters. The van der Waals surface area contributed by atoms with E-state index in [1.165, 1.54) is 16.7 Å². The average molecular weight is 247 g/mol. The van der Waals surface area contributed by atoms with Gasteiger partial charge in [-0.15, -0.1) is 11.8 Å². The number of hydrogen-bond acceptors (Lipinski definition) is 4. The Hall–Kier alpha value is -0.750. The molecule has 1 aliphatic rings. The van der Waals surface area contributed by atoms with Crippen molar-refractivity contribution < 1.29 is 19.4 Å². The van der Waals surface area contributed by atoms with Crippen molar-refractivity contribution in [3.63, 3.8) is 0 Å². The zero-order valence-corrected chi connectivity index (χ0v) is 10.5. The lowest BCUT2D eigenvalue weighted by Crippen LogP contribution is -2.44. The van der Waals surface area contributed by atoms with E-state index in [1.807, 2.05) is 20.8 Å². The van der Waals surface area contributed by atoms with E-state index in [2.05, 4.69) is 0 Å². The fourth-order valence-electron chi connectivity index (χ4n) is 1.25. The van der Waals surface area contributed by atoms with Gasteiger partial charge in [0.2, 0.25) is 5.91 Å². The lowest BCUT2D eigenvalue weighted by atomic mass is 10.2. The lowest BCUT2D eigenvalue weighted by Gasteiger charge is -2.24. The van der Waals surface area contributed by atoms with Crippen LogP contribution in [-0.4, -0.2) is 51.8 Å². The summed E-state index contributed by atoms with van der Waals surface area (Å²) in [4.78, 5) is 24.0. The molecule has 1 fully saturated rings. The number of aliphatic carboxylic acids is 1. The Morgan fingerprint density at radius 1 is 1.50 bits per heavy atom. The van der Waals surface area contributed by atoms with Gasteiger partial charge in [0.25, 0.3) is 0 Å². The van der Waals surface area contributed by atoms with Crippen LogP contribution in [0, 0.1) is 0 Å². The molecule has 1 aliphatic heterocycles. The number of thioether (sulfide) groups is 1. The van der Waals surface area contributed by atoms with Gasteiger partial charge in [-0.05, 0) is 20.8 Å². The number of carbonyl (C=O) groups excluding carboxylic acids is 1. The van der Waals surface area contributed by atoms with E-state index in [0.717, 1.165) is 0 Å². The summed E-state index contributed by atoms with van der Waals surface area (Å²) in [7, 11) is 0. The molecule has 1 amide bonds. The van der Waals surface area contributed by atoms with Gasteiger partial charge in [0.15, 0.2) is 0 Å². The third kappa shape index (κ3) is 3.68. The Kier molecular flexibility index (Phi) is 4.21. The fourth-order valence-corrected chi connectivity index (χ4v) is 2.43. The van der Waals surface area contributed by atoms with Crippen molar-refractivity contribution in [2.75, 3.05) is 18.2 Å². The van der Waals surface area contributed by atoms with Crippen molar-refractivity contribution in [2.45, 2.75) is 32.4 Å². The van der Waals surface area contributed by atoms with E-state index in [1.54, 1.807) is 0 Å². The van der Waals surface area contributed by atoms with E-state index in [4.69, 9.17) is 9.84 Å². The molecule has 0 spiro atoms. The average Bonchev–Trinajstić information content (AvgIpc) is 2.61. The molecule has 6 heteroatoms. The third-order valence-electron chi connectivity index (χ3n) is 2.12. The largest absolute Gasteiger partial charge is 0.480 e. The highest BCUT2D eigenvalue weighted by Gasteiger charge is 2.34. The van der Waals surface area contributed by atoms with E-state index in [9.17, 15) is 9.59 Å². The number of amides is 1. The Morgan fingerprint density at radius 3 is 2.62 bits per heavy atom. The molecule has 16 heavy (non-hydrogen) atoms. The molecule has 1 heterocycles. The number of ether oxygens (including phenoxy) is 1. The predicted molar refractivity (Wildman–Crippen MR) is 61.3 cm³/mol. The smallest absolute Gasteiger partial charge is 0.327 e. The SMILES string of the molecule is CC(C)(C)OCC(=O)N1CSC[C@H]1C(=O)O. The van der Waals surface area contributed by atoms with Crippen LogP contribution in [0.25, 0.3) is 0 Å². The second-order valence-electron chi connectivity index (χ2n) is 4.62. The molecular weight excluding hydrogens is 230 g/mol. The van der Waals surface area contributed by atoms with E-state index >= 15 is 0 Å². The first kappa shape index (κ1) is 13.3. The van der Waals surface area contributed by atoms with Crippen molar-refractivity contribution in [1.82, 2.24) is 4.90 Å². The van der Waals surface area contributed by atoms with Crippen LogP contribution in [0.5, 0.6) is 0 Å². The summed E-state index contributed by atoms with van der Waals surface area (Å²) < 4.78 is 5.34. The van der Waals surface area contributed by atoms with Crippen LogP contribution in [0.3, 0.4) is 0 Å². The Bertz CT molecular complexity index is 287. The molecule has 0 bridgehead atoms. The minimum absolute atomic E-state index is 0.0617. The molecule has 0 aromatic carbocycles. The van der Waals surface area contributed by atoms with Gasteiger partial charge in [-0.2, -0.15) is 0 Å². The molecule has 1 rings (SSSR count). The molecule has 5 nitrogen and oxygen atoms in total. The summed E-state index contributed by atoms with van der Waals surface area (Å²) in [5.41, 5.74) is -0.388. The number of nitrogens with zero attached hydrogens (tertiary/aromatic N) is 1. The maximum atomic E-state index is 11.7. The van der Waals surface area contributed by atoms with Gasteiger partial charge in [0.05, 0.1) is 11.5 Å². The Balaban J connectivity index is 2.50. The molecule has 0 saturated carbocycles. The maximum Gasteiger partial charge on any atom is 0.327 e. The van der Waals surface area contributed by atoms with Crippen LogP contribution < -0.4 is 0 Å². The van der Waals surface area contributed by atoms with Crippen LogP contribution in [-0.2, 0) is 14.3 Å². The first-order valence-corrected chi connectivity index (χ1v) is 6.21. The summed E-state index contributed by atoms with van der Waals surface area (Å²) in [6, 6.07) is -0.707. The highest BCUT2D eigenvalue weighted by atomic mass is 32.2. The molecular formula is C10H17NO4S. The van der Waals surface area contributed by atoms with Crippen LogP contribution in [0.15, 0.2) is 0 Å². The van der Waals surface area contributed by atoms with Crippen molar-refractivity contribution in [3.8, 4) is 0 Å². The van der Waals surface area contributed by atoms with Gasteiger partial charge in [0.1, 0.15) is 12.6 Å². The second kappa shape index (κ2) is 5.05. The molecule has 0 aliphatic carbocycles. The van der Waals surface area contributed by atoms with E-state index in [-0.39, 0.29) is 18.1 Å². The van der Waals surface area contributed by atoms with Gasteiger partial charge in [-0.25, -0.2) is 4.79 Å². The minimum Gasteiger partial charge on any atom is -0.480 e. The van der Waals surface area contributed by atoms with Crippen LogP contribution in [0.2, 0.25) is 0 Å². The summed E-state index contributed by atoms with van der Waals surface area (Å²) in [5.74, 6) is -0.318. The lowest BCUT2D eigenvalue weighted by molar-refractivity contribution is -0.151. The zero-order valence-electron chi connectivity index (χ0n) is 9.73. The number of carbonyl (C=O) groups is 2. The standard InChI is InChI=1S/C10H17NO4S/c1-10(2,3)15-4-8(12)11-6-16-5-7(11)9(13)14/h7H,4-6H2,1-3H3,(H,13,14)/t7-/m0/s1. The molecule has 0 aromatic rings. The van der Waals surface area contributed by atoms with Gasteiger partial charge < -0.3 is 14.7 Å². The summed E-state index contributed by atoms with van der Waals surface area (Å²) >= 11 is 1.45.